The molecule has 2 aliphatic carbocycles. The Morgan fingerprint density at radius 2 is 1.75 bits per heavy atom. The first-order valence-electron chi connectivity index (χ1n) is 9.80. The number of Topliss-reactive ketones (excluding diaryl/α,β-unsaturated/α-hetero) is 1. The number of allylic oxidation sites excluding steroid dienone is 1. The molecule has 140 valence electrons. The van der Waals surface area contributed by atoms with Gasteiger partial charge in [-0.15, -0.1) is 0 Å². The molecule has 2 aliphatic rings. The fraction of sp³-hybridized carbons (Fsp3) is 0.250. The number of rotatable bonds is 4. The van der Waals surface area contributed by atoms with Crippen molar-refractivity contribution in [3.05, 3.63) is 94.6 Å². The Kier molecular flexibility index (Phi) is 4.00. The number of benzene rings is 2. The van der Waals surface area contributed by atoms with Gasteiger partial charge in [0.2, 0.25) is 0 Å². The number of hydrogen-bond acceptors (Lipinski definition) is 2. The van der Waals surface area contributed by atoms with Crippen LogP contribution in [0.2, 0.25) is 0 Å². The molecule has 5 rings (SSSR count). The molecule has 0 spiro atoms. The van der Waals surface area contributed by atoms with Crippen LogP contribution in [0.1, 0.15) is 52.1 Å². The minimum atomic E-state index is -0.425. The highest BCUT2D eigenvalue weighted by Crippen LogP contribution is 2.42. The number of nitrogens with zero attached hydrogens (tertiary/aromatic N) is 1. The average molecular weight is 372 g/mol. The molecule has 2 aromatic carbocycles. The van der Waals surface area contributed by atoms with E-state index in [1.165, 1.54) is 12.1 Å². The summed E-state index contributed by atoms with van der Waals surface area (Å²) < 4.78 is 13.6. The smallest absolute Gasteiger partial charge is 0.186 e. The molecule has 1 saturated carbocycles. The molecule has 3 aromatic rings. The Balaban J connectivity index is 1.60. The Labute approximate surface area is 163 Å². The monoisotopic (exact) mass is 372 g/mol. The molecule has 0 bridgehead atoms. The number of fused-ring (bicyclic) bond motifs is 1. The van der Waals surface area contributed by atoms with Crippen LogP contribution < -0.4 is 0 Å². The molecule has 0 saturated heterocycles. The molecule has 1 N–H and O–H groups in total. The number of nitrogens with one attached hydrogen (secondary N) is 1. The summed E-state index contributed by atoms with van der Waals surface area (Å²) in [5, 5.41) is 7.50. The van der Waals surface area contributed by atoms with E-state index >= 15 is 0 Å². The number of ketones is 1. The number of H-pyrrole nitrogens is 1. The molecule has 1 heterocycles. The van der Waals surface area contributed by atoms with Gasteiger partial charge >= 0.3 is 0 Å². The lowest BCUT2D eigenvalue weighted by atomic mass is 9.68. The van der Waals surface area contributed by atoms with Crippen molar-refractivity contribution in [2.24, 2.45) is 5.92 Å². The molecule has 1 unspecified atom stereocenters. The molecule has 1 atom stereocenters. The van der Waals surface area contributed by atoms with Crippen molar-refractivity contribution in [3.63, 3.8) is 0 Å². The Morgan fingerprint density at radius 1 is 1.04 bits per heavy atom. The highest BCUT2D eigenvalue weighted by atomic mass is 19.1. The SMILES string of the molecule is O=C(c1n[nH]c2c1C=CC(c1ccccc1)(c1ccc(F)cc1)C2)C1CCC1. The number of carbonyl (C=O) groups is 1. The van der Waals surface area contributed by atoms with E-state index in [1.807, 2.05) is 36.4 Å². The van der Waals surface area contributed by atoms with Crippen LogP contribution in [0.4, 0.5) is 4.39 Å². The van der Waals surface area contributed by atoms with Gasteiger partial charge in [-0.25, -0.2) is 4.39 Å². The third kappa shape index (κ3) is 2.63. The number of carbonyl (C=O) groups excluding carboxylic acids is 1. The van der Waals surface area contributed by atoms with Gasteiger partial charge in [-0.2, -0.15) is 5.10 Å². The fourth-order valence-corrected chi connectivity index (χ4v) is 4.36. The van der Waals surface area contributed by atoms with Gasteiger partial charge < -0.3 is 0 Å². The summed E-state index contributed by atoms with van der Waals surface area (Å²) in [6, 6.07) is 16.9. The van der Waals surface area contributed by atoms with Gasteiger partial charge in [0.15, 0.2) is 5.78 Å². The summed E-state index contributed by atoms with van der Waals surface area (Å²) in [5.41, 5.74) is 4.15. The maximum absolute atomic E-state index is 13.6. The maximum atomic E-state index is 13.6. The summed E-state index contributed by atoms with van der Waals surface area (Å²) >= 11 is 0. The number of hydrogen-bond donors (Lipinski definition) is 1. The molecule has 0 radical (unpaired) electrons. The number of aromatic nitrogens is 2. The highest BCUT2D eigenvalue weighted by Gasteiger charge is 2.38. The quantitative estimate of drug-likeness (QED) is 0.649. The topological polar surface area (TPSA) is 45.8 Å². The van der Waals surface area contributed by atoms with E-state index in [4.69, 9.17) is 0 Å². The summed E-state index contributed by atoms with van der Waals surface area (Å²) in [6.45, 7) is 0. The van der Waals surface area contributed by atoms with Gasteiger partial charge in [-0.3, -0.25) is 9.89 Å². The zero-order valence-corrected chi connectivity index (χ0v) is 15.5. The van der Waals surface area contributed by atoms with E-state index < -0.39 is 5.41 Å². The fourth-order valence-electron chi connectivity index (χ4n) is 4.36. The second kappa shape index (κ2) is 6.55. The molecule has 4 heteroatoms. The Bertz CT molecular complexity index is 1050. The third-order valence-corrected chi connectivity index (χ3v) is 6.23. The van der Waals surface area contributed by atoms with Crippen molar-refractivity contribution >= 4 is 11.9 Å². The van der Waals surface area contributed by atoms with Crippen molar-refractivity contribution in [2.75, 3.05) is 0 Å². The average Bonchev–Trinajstić information content (AvgIpc) is 3.10. The summed E-state index contributed by atoms with van der Waals surface area (Å²) in [4.78, 5) is 12.7. The van der Waals surface area contributed by atoms with Gasteiger partial charge in [0, 0.05) is 29.0 Å². The summed E-state index contributed by atoms with van der Waals surface area (Å²) in [7, 11) is 0. The molecule has 3 nitrogen and oxygen atoms in total. The molecule has 28 heavy (non-hydrogen) atoms. The third-order valence-electron chi connectivity index (χ3n) is 6.23. The van der Waals surface area contributed by atoms with Crippen molar-refractivity contribution in [2.45, 2.75) is 31.1 Å². The van der Waals surface area contributed by atoms with Gasteiger partial charge in [-0.1, -0.05) is 61.0 Å². The lowest BCUT2D eigenvalue weighted by Gasteiger charge is -2.34. The van der Waals surface area contributed by atoms with Crippen LogP contribution in [0.3, 0.4) is 0 Å². The van der Waals surface area contributed by atoms with Gasteiger partial charge in [0.25, 0.3) is 0 Å². The lowest BCUT2D eigenvalue weighted by molar-refractivity contribution is 0.0849. The van der Waals surface area contributed by atoms with E-state index in [1.54, 1.807) is 0 Å². The van der Waals surface area contributed by atoms with Crippen molar-refractivity contribution < 1.29 is 9.18 Å². The van der Waals surface area contributed by atoms with Gasteiger partial charge in [0.05, 0.1) is 0 Å². The molecule has 1 aromatic heterocycles. The van der Waals surface area contributed by atoms with E-state index in [-0.39, 0.29) is 17.5 Å². The van der Waals surface area contributed by atoms with Crippen molar-refractivity contribution in [1.29, 1.82) is 0 Å². The number of aromatic amines is 1. The van der Waals surface area contributed by atoms with Crippen molar-refractivity contribution in [1.82, 2.24) is 10.2 Å². The van der Waals surface area contributed by atoms with Crippen LogP contribution in [-0.4, -0.2) is 16.0 Å². The van der Waals surface area contributed by atoms with Crippen LogP contribution >= 0.6 is 0 Å². The first kappa shape index (κ1) is 17.1. The van der Waals surface area contributed by atoms with Gasteiger partial charge in [0.1, 0.15) is 11.5 Å². The number of halogens is 1. The van der Waals surface area contributed by atoms with Crippen LogP contribution in [0.5, 0.6) is 0 Å². The summed E-state index contributed by atoms with van der Waals surface area (Å²) in [5.74, 6) is 0.0310. The predicted molar refractivity (Wildman–Crippen MR) is 107 cm³/mol. The van der Waals surface area contributed by atoms with Crippen LogP contribution in [0.25, 0.3) is 6.08 Å². The highest BCUT2D eigenvalue weighted by molar-refractivity contribution is 6.00. The minimum Gasteiger partial charge on any atom is -0.292 e. The predicted octanol–water partition coefficient (Wildman–Crippen LogP) is 5.09. The Hall–Kier alpha value is -3.01. The van der Waals surface area contributed by atoms with Crippen LogP contribution in [-0.2, 0) is 11.8 Å². The van der Waals surface area contributed by atoms with E-state index in [9.17, 15) is 9.18 Å². The Morgan fingerprint density at radius 3 is 2.43 bits per heavy atom. The van der Waals surface area contributed by atoms with Crippen LogP contribution in [0, 0.1) is 11.7 Å². The molecule has 1 fully saturated rings. The minimum absolute atomic E-state index is 0.124. The zero-order chi connectivity index (χ0) is 19.1. The van der Waals surface area contributed by atoms with E-state index in [0.717, 1.165) is 41.6 Å². The standard InChI is InChI=1S/C24H21FN2O/c25-19-11-9-18(10-12-19)24(17-7-2-1-3-8-17)14-13-20-21(15-24)26-27-22(20)23(28)16-5-4-6-16/h1-3,7-14,16H,4-6,15H2,(H,26,27). The zero-order valence-electron chi connectivity index (χ0n) is 15.5. The lowest BCUT2D eigenvalue weighted by Crippen LogP contribution is -2.31. The second-order valence-corrected chi connectivity index (χ2v) is 7.81. The van der Waals surface area contributed by atoms with E-state index in [2.05, 4.69) is 28.4 Å². The molecular weight excluding hydrogens is 351 g/mol. The van der Waals surface area contributed by atoms with Crippen LogP contribution in [0.15, 0.2) is 60.7 Å². The molecule has 0 aliphatic heterocycles. The molecular formula is C24H21FN2O. The maximum Gasteiger partial charge on any atom is 0.186 e. The van der Waals surface area contributed by atoms with Gasteiger partial charge in [-0.05, 0) is 36.1 Å². The van der Waals surface area contributed by atoms with E-state index in [0.29, 0.717) is 12.1 Å². The normalized spacial score (nSPS) is 21.2. The first-order valence-corrected chi connectivity index (χ1v) is 9.80. The largest absolute Gasteiger partial charge is 0.292 e. The first-order chi connectivity index (χ1) is 13.7. The van der Waals surface area contributed by atoms with Crippen molar-refractivity contribution in [3.8, 4) is 0 Å². The molecule has 0 amide bonds. The second-order valence-electron chi connectivity index (χ2n) is 7.81. The summed E-state index contributed by atoms with van der Waals surface area (Å²) in [6.07, 6.45) is 7.87.